The number of furan rings is 1. The van der Waals surface area contributed by atoms with Crippen molar-refractivity contribution in [3.05, 3.63) is 76.6 Å². The molecule has 2 aromatic heterocycles. The van der Waals surface area contributed by atoms with Crippen LogP contribution >= 0.6 is 0 Å². The molecule has 1 aliphatic rings. The molecule has 0 atom stereocenters. The van der Waals surface area contributed by atoms with Crippen molar-refractivity contribution in [2.75, 3.05) is 12.1 Å². The molecule has 0 saturated heterocycles. The number of rotatable bonds is 4. The predicted octanol–water partition coefficient (Wildman–Crippen LogP) is 2.47. The number of amides is 1. The van der Waals surface area contributed by atoms with Crippen LogP contribution in [0.2, 0.25) is 0 Å². The molecule has 4 rings (SSSR count). The van der Waals surface area contributed by atoms with Crippen molar-refractivity contribution in [3.8, 4) is 11.5 Å². The second-order valence-corrected chi connectivity index (χ2v) is 5.45. The molecule has 1 aromatic carbocycles. The molecule has 0 bridgehead atoms. The van der Waals surface area contributed by atoms with Gasteiger partial charge in [-0.1, -0.05) is 6.07 Å². The summed E-state index contributed by atoms with van der Waals surface area (Å²) in [5.41, 5.74) is 0.441. The Morgan fingerprint density at radius 2 is 1.96 bits per heavy atom. The average molecular weight is 338 g/mol. The fraction of sp³-hybridized carbons (Fsp3) is 0.111. The monoisotopic (exact) mass is 338 g/mol. The van der Waals surface area contributed by atoms with Gasteiger partial charge in [0.1, 0.15) is 5.76 Å². The van der Waals surface area contributed by atoms with Gasteiger partial charge in [0.15, 0.2) is 17.3 Å². The number of anilines is 1. The van der Waals surface area contributed by atoms with E-state index in [-0.39, 0.29) is 30.6 Å². The van der Waals surface area contributed by atoms with Gasteiger partial charge in [-0.2, -0.15) is 0 Å². The lowest BCUT2D eigenvalue weighted by atomic mass is 10.2. The average Bonchev–Trinajstić information content (AvgIpc) is 3.25. The second-order valence-electron chi connectivity index (χ2n) is 5.45. The zero-order chi connectivity index (χ0) is 17.2. The van der Waals surface area contributed by atoms with E-state index in [2.05, 4.69) is 5.32 Å². The van der Waals surface area contributed by atoms with Crippen LogP contribution in [0, 0.1) is 0 Å². The lowest BCUT2D eigenvalue weighted by molar-refractivity contribution is 0.0994. The van der Waals surface area contributed by atoms with Gasteiger partial charge in [-0.3, -0.25) is 9.59 Å². The number of ether oxygens (including phenoxy) is 2. The van der Waals surface area contributed by atoms with Crippen LogP contribution in [-0.2, 0) is 6.54 Å². The smallest absolute Gasteiger partial charge is 0.291 e. The molecule has 1 N–H and O–H groups in total. The van der Waals surface area contributed by atoms with Crippen LogP contribution in [0.25, 0.3) is 0 Å². The Labute approximate surface area is 142 Å². The summed E-state index contributed by atoms with van der Waals surface area (Å²) in [4.78, 5) is 24.0. The highest BCUT2D eigenvalue weighted by atomic mass is 16.7. The summed E-state index contributed by atoms with van der Waals surface area (Å²) in [5.74, 6) is 1.53. The second kappa shape index (κ2) is 6.20. The highest BCUT2D eigenvalue weighted by Crippen LogP contribution is 2.34. The number of nitrogens with one attached hydrogen (secondary N) is 1. The molecule has 7 heteroatoms. The predicted molar refractivity (Wildman–Crippen MR) is 89.0 cm³/mol. The highest BCUT2D eigenvalue weighted by Gasteiger charge is 2.16. The highest BCUT2D eigenvalue weighted by molar-refractivity contribution is 6.02. The summed E-state index contributed by atoms with van der Waals surface area (Å²) in [5, 5.41) is 2.74. The Morgan fingerprint density at radius 1 is 1.08 bits per heavy atom. The van der Waals surface area contributed by atoms with Gasteiger partial charge in [0.05, 0.1) is 6.54 Å². The van der Waals surface area contributed by atoms with Crippen molar-refractivity contribution in [2.24, 2.45) is 0 Å². The Kier molecular flexibility index (Phi) is 3.74. The van der Waals surface area contributed by atoms with Crippen LogP contribution in [-0.4, -0.2) is 17.3 Å². The molecular weight excluding hydrogens is 324 g/mol. The normalized spacial score (nSPS) is 12.2. The van der Waals surface area contributed by atoms with Crippen molar-refractivity contribution in [3.63, 3.8) is 0 Å². The van der Waals surface area contributed by atoms with E-state index in [4.69, 9.17) is 13.9 Å². The van der Waals surface area contributed by atoms with Gasteiger partial charge in [0.2, 0.25) is 6.79 Å². The van der Waals surface area contributed by atoms with E-state index in [9.17, 15) is 9.59 Å². The number of hydrogen-bond acceptors (Lipinski definition) is 5. The maximum absolute atomic E-state index is 12.3. The van der Waals surface area contributed by atoms with Gasteiger partial charge in [-0.25, -0.2) is 0 Å². The van der Waals surface area contributed by atoms with Crippen LogP contribution < -0.4 is 20.3 Å². The van der Waals surface area contributed by atoms with E-state index >= 15 is 0 Å². The SMILES string of the molecule is O=C(Nc1ccc2c(c1)OCO2)c1ccc(Cn2ccccc2=O)o1. The first kappa shape index (κ1) is 15.1. The zero-order valence-electron chi connectivity index (χ0n) is 13.1. The molecule has 25 heavy (non-hydrogen) atoms. The first-order valence-corrected chi connectivity index (χ1v) is 7.64. The molecular formula is C18H14N2O5. The molecule has 0 saturated carbocycles. The molecule has 0 aliphatic carbocycles. The third kappa shape index (κ3) is 3.12. The van der Waals surface area contributed by atoms with Gasteiger partial charge in [-0.15, -0.1) is 0 Å². The molecule has 3 heterocycles. The fourth-order valence-corrected chi connectivity index (χ4v) is 2.51. The number of benzene rings is 1. The van der Waals surface area contributed by atoms with Crippen molar-refractivity contribution >= 4 is 11.6 Å². The van der Waals surface area contributed by atoms with Gasteiger partial charge < -0.3 is 23.8 Å². The van der Waals surface area contributed by atoms with E-state index in [0.29, 0.717) is 22.9 Å². The molecule has 0 fully saturated rings. The van der Waals surface area contributed by atoms with E-state index in [1.807, 2.05) is 0 Å². The number of carbonyl (C=O) groups excluding carboxylic acids is 1. The topological polar surface area (TPSA) is 82.7 Å². The standard InChI is InChI=1S/C18H14N2O5/c21-17-3-1-2-8-20(17)10-13-5-7-15(25-13)18(22)19-12-4-6-14-16(9-12)24-11-23-14/h1-9H,10-11H2,(H,19,22). The molecule has 7 nitrogen and oxygen atoms in total. The molecule has 1 amide bonds. The zero-order valence-corrected chi connectivity index (χ0v) is 13.1. The van der Waals surface area contributed by atoms with E-state index in [0.717, 1.165) is 0 Å². The quantitative estimate of drug-likeness (QED) is 0.790. The first-order valence-electron chi connectivity index (χ1n) is 7.64. The summed E-state index contributed by atoms with van der Waals surface area (Å²) >= 11 is 0. The van der Waals surface area contributed by atoms with E-state index in [1.165, 1.54) is 10.6 Å². The maximum atomic E-state index is 12.3. The summed E-state index contributed by atoms with van der Waals surface area (Å²) in [6.45, 7) is 0.435. The lowest BCUT2D eigenvalue weighted by Crippen LogP contribution is -2.18. The molecule has 0 spiro atoms. The van der Waals surface area contributed by atoms with Crippen molar-refractivity contribution < 1.29 is 18.7 Å². The first-order chi connectivity index (χ1) is 12.2. The Balaban J connectivity index is 1.47. The van der Waals surface area contributed by atoms with Crippen molar-refractivity contribution in [2.45, 2.75) is 6.54 Å². The minimum atomic E-state index is -0.384. The van der Waals surface area contributed by atoms with E-state index < -0.39 is 0 Å². The van der Waals surface area contributed by atoms with Gasteiger partial charge in [0.25, 0.3) is 11.5 Å². The van der Waals surface area contributed by atoms with Gasteiger partial charge >= 0.3 is 0 Å². The Hall–Kier alpha value is -3.48. The molecule has 126 valence electrons. The molecule has 0 unspecified atom stereocenters. The van der Waals surface area contributed by atoms with Crippen LogP contribution in [0.3, 0.4) is 0 Å². The third-order valence-corrected chi connectivity index (χ3v) is 3.74. The minimum Gasteiger partial charge on any atom is -0.454 e. The number of aromatic nitrogens is 1. The molecule has 0 radical (unpaired) electrons. The summed E-state index contributed by atoms with van der Waals surface area (Å²) < 4.78 is 17.5. The van der Waals surface area contributed by atoms with E-state index in [1.54, 1.807) is 48.7 Å². The lowest BCUT2D eigenvalue weighted by Gasteiger charge is -2.05. The number of hydrogen-bond donors (Lipinski definition) is 1. The van der Waals surface area contributed by atoms with Crippen LogP contribution in [0.4, 0.5) is 5.69 Å². The largest absolute Gasteiger partial charge is 0.454 e. The molecule has 3 aromatic rings. The fourth-order valence-electron chi connectivity index (χ4n) is 2.51. The number of pyridine rings is 1. The number of carbonyl (C=O) groups is 1. The number of nitrogens with zero attached hydrogens (tertiary/aromatic N) is 1. The van der Waals surface area contributed by atoms with Gasteiger partial charge in [0, 0.05) is 24.0 Å². The van der Waals surface area contributed by atoms with Crippen molar-refractivity contribution in [1.29, 1.82) is 0 Å². The van der Waals surface area contributed by atoms with Crippen LogP contribution in [0.15, 0.2) is 63.9 Å². The Morgan fingerprint density at radius 3 is 2.84 bits per heavy atom. The number of fused-ring (bicyclic) bond motifs is 1. The summed E-state index contributed by atoms with van der Waals surface area (Å²) in [6, 6.07) is 13.3. The molecule has 1 aliphatic heterocycles. The van der Waals surface area contributed by atoms with Crippen LogP contribution in [0.1, 0.15) is 16.3 Å². The third-order valence-electron chi connectivity index (χ3n) is 3.74. The summed E-state index contributed by atoms with van der Waals surface area (Å²) in [7, 11) is 0. The maximum Gasteiger partial charge on any atom is 0.291 e. The minimum absolute atomic E-state index is 0.134. The summed E-state index contributed by atoms with van der Waals surface area (Å²) in [6.07, 6.45) is 1.66. The Bertz CT molecular complexity index is 989. The van der Waals surface area contributed by atoms with Crippen molar-refractivity contribution in [1.82, 2.24) is 4.57 Å². The van der Waals surface area contributed by atoms with Gasteiger partial charge in [-0.05, 0) is 30.3 Å². The van der Waals surface area contributed by atoms with Crippen LogP contribution in [0.5, 0.6) is 11.5 Å².